The molecule has 1 N–H and O–H groups in total. The van der Waals surface area contributed by atoms with Gasteiger partial charge in [-0.2, -0.15) is 5.10 Å². The predicted molar refractivity (Wildman–Crippen MR) is 104 cm³/mol. The van der Waals surface area contributed by atoms with E-state index in [1.807, 2.05) is 6.92 Å². The minimum atomic E-state index is -0.778. The highest BCUT2D eigenvalue weighted by atomic mass is 35.5. The first kappa shape index (κ1) is 21.4. The van der Waals surface area contributed by atoms with Gasteiger partial charge in [0, 0.05) is 12.6 Å². The summed E-state index contributed by atoms with van der Waals surface area (Å²) in [4.78, 5) is 35.0. The van der Waals surface area contributed by atoms with Crippen molar-refractivity contribution < 1.29 is 19.2 Å². The lowest BCUT2D eigenvalue weighted by Gasteiger charge is -2.09. The van der Waals surface area contributed by atoms with E-state index in [0.717, 1.165) is 12.8 Å². The minimum Gasteiger partial charge on any atom is -0.452 e. The van der Waals surface area contributed by atoms with E-state index in [0.29, 0.717) is 17.8 Å². The highest BCUT2D eigenvalue weighted by molar-refractivity contribution is 6.32. The van der Waals surface area contributed by atoms with Gasteiger partial charge in [0.15, 0.2) is 6.61 Å². The van der Waals surface area contributed by atoms with E-state index in [9.17, 15) is 19.7 Å². The summed E-state index contributed by atoms with van der Waals surface area (Å²) in [7, 11) is 0. The van der Waals surface area contributed by atoms with Crippen LogP contribution in [0.15, 0.2) is 18.2 Å². The van der Waals surface area contributed by atoms with Crippen LogP contribution >= 0.6 is 11.6 Å². The fraction of sp³-hybridized carbons (Fsp3) is 0.389. The lowest BCUT2D eigenvalue weighted by atomic mass is 10.1. The molecule has 2 rings (SSSR count). The topological polar surface area (TPSA) is 116 Å². The van der Waals surface area contributed by atoms with Gasteiger partial charge >= 0.3 is 5.97 Å². The molecule has 2 aromatic rings. The molecule has 1 aromatic carbocycles. The van der Waals surface area contributed by atoms with Crippen LogP contribution in [0.25, 0.3) is 0 Å². The number of nitro groups is 1. The molecule has 1 aromatic heterocycles. The van der Waals surface area contributed by atoms with Gasteiger partial charge in [-0.3, -0.25) is 19.6 Å². The molecule has 0 saturated carbocycles. The van der Waals surface area contributed by atoms with E-state index >= 15 is 0 Å². The molecule has 10 heteroatoms. The number of para-hydroxylation sites is 1. The average molecular weight is 409 g/mol. The van der Waals surface area contributed by atoms with Gasteiger partial charge in [-0.05, 0) is 25.8 Å². The Balaban J connectivity index is 2.05. The second-order valence-corrected chi connectivity index (χ2v) is 6.54. The molecular formula is C18H21ClN4O5. The molecule has 28 heavy (non-hydrogen) atoms. The summed E-state index contributed by atoms with van der Waals surface area (Å²) < 4.78 is 6.54. The summed E-state index contributed by atoms with van der Waals surface area (Å²) in [5.74, 6) is -1.47. The Morgan fingerprint density at radius 1 is 1.36 bits per heavy atom. The lowest BCUT2D eigenvalue weighted by Crippen LogP contribution is -2.22. The van der Waals surface area contributed by atoms with Crippen LogP contribution in [-0.4, -0.2) is 33.2 Å². The monoisotopic (exact) mass is 408 g/mol. The van der Waals surface area contributed by atoms with Crippen LogP contribution < -0.4 is 5.32 Å². The summed E-state index contributed by atoms with van der Waals surface area (Å²) in [6.45, 7) is 5.24. The highest BCUT2D eigenvalue weighted by Gasteiger charge is 2.23. The second kappa shape index (κ2) is 9.32. The number of ether oxygens (including phenoxy) is 1. The molecule has 150 valence electrons. The number of aryl methyl sites for hydroxylation is 3. The first-order valence-electron chi connectivity index (χ1n) is 8.70. The number of nitrogens with zero attached hydrogens (tertiary/aromatic N) is 3. The standard InChI is InChI=1S/C18H21ClN4O5/c1-4-5-9-22-17(19)15(12(3)21-22)18(25)28-10-14(24)20-16-11(2)7-6-8-13(16)23(26)27/h6-8H,4-5,9-10H2,1-3H3,(H,20,24). The molecule has 0 saturated heterocycles. The molecule has 0 radical (unpaired) electrons. The number of carbonyl (C=O) groups is 2. The van der Waals surface area contributed by atoms with Gasteiger partial charge in [-0.1, -0.05) is 37.1 Å². The smallest absolute Gasteiger partial charge is 0.343 e. The number of rotatable bonds is 8. The molecule has 0 atom stereocenters. The van der Waals surface area contributed by atoms with Gasteiger partial charge in [-0.25, -0.2) is 4.79 Å². The molecule has 0 fully saturated rings. The zero-order valence-electron chi connectivity index (χ0n) is 15.8. The zero-order valence-corrected chi connectivity index (χ0v) is 16.6. The Morgan fingerprint density at radius 3 is 2.71 bits per heavy atom. The first-order valence-corrected chi connectivity index (χ1v) is 9.07. The van der Waals surface area contributed by atoms with Crippen molar-refractivity contribution in [3.05, 3.63) is 50.3 Å². The van der Waals surface area contributed by atoms with E-state index in [1.165, 1.54) is 16.8 Å². The highest BCUT2D eigenvalue weighted by Crippen LogP contribution is 2.27. The van der Waals surface area contributed by atoms with Crippen molar-refractivity contribution >= 4 is 34.9 Å². The Morgan fingerprint density at radius 2 is 2.07 bits per heavy atom. The third kappa shape index (κ3) is 4.86. The van der Waals surface area contributed by atoms with Crippen LogP contribution in [0.4, 0.5) is 11.4 Å². The molecule has 0 aliphatic heterocycles. The summed E-state index contributed by atoms with van der Waals surface area (Å²) >= 11 is 6.21. The van der Waals surface area contributed by atoms with Crippen molar-refractivity contribution in [3.63, 3.8) is 0 Å². The van der Waals surface area contributed by atoms with Gasteiger partial charge in [0.05, 0.1) is 10.6 Å². The number of unbranched alkanes of at least 4 members (excludes halogenated alkanes) is 1. The Labute approximate surface area is 166 Å². The molecule has 0 bridgehead atoms. The van der Waals surface area contributed by atoms with Crippen LogP contribution in [0, 0.1) is 24.0 Å². The summed E-state index contributed by atoms with van der Waals surface area (Å²) in [5, 5.41) is 17.9. The van der Waals surface area contributed by atoms with E-state index in [2.05, 4.69) is 10.4 Å². The maximum Gasteiger partial charge on any atom is 0.343 e. The zero-order chi connectivity index (χ0) is 20.8. The van der Waals surface area contributed by atoms with Crippen molar-refractivity contribution in [1.29, 1.82) is 0 Å². The van der Waals surface area contributed by atoms with Gasteiger partial charge in [0.1, 0.15) is 16.4 Å². The van der Waals surface area contributed by atoms with E-state index in [4.69, 9.17) is 16.3 Å². The van der Waals surface area contributed by atoms with Crippen LogP contribution in [0.3, 0.4) is 0 Å². The average Bonchev–Trinajstić information content (AvgIpc) is 2.93. The molecule has 0 aliphatic rings. The van der Waals surface area contributed by atoms with Crippen LogP contribution in [-0.2, 0) is 16.1 Å². The number of nitrogens with one attached hydrogen (secondary N) is 1. The number of benzene rings is 1. The van der Waals surface area contributed by atoms with E-state index in [-0.39, 0.29) is 22.1 Å². The number of nitro benzene ring substituents is 1. The minimum absolute atomic E-state index is 0.0650. The van der Waals surface area contributed by atoms with Crippen molar-refractivity contribution in [2.45, 2.75) is 40.2 Å². The number of carbonyl (C=O) groups excluding carboxylic acids is 2. The van der Waals surface area contributed by atoms with Gasteiger partial charge in [-0.15, -0.1) is 0 Å². The SMILES string of the molecule is CCCCn1nc(C)c(C(=O)OCC(=O)Nc2c(C)cccc2[N+](=O)[O-])c1Cl. The van der Waals surface area contributed by atoms with Gasteiger partial charge in [0.2, 0.25) is 0 Å². The number of hydrogen-bond donors (Lipinski definition) is 1. The van der Waals surface area contributed by atoms with Crippen LogP contribution in [0.1, 0.15) is 41.4 Å². The number of hydrogen-bond acceptors (Lipinski definition) is 6. The molecule has 1 heterocycles. The summed E-state index contributed by atoms with van der Waals surface area (Å²) in [5.41, 5.74) is 0.851. The third-order valence-electron chi connectivity index (χ3n) is 4.04. The largest absolute Gasteiger partial charge is 0.452 e. The van der Waals surface area contributed by atoms with Crippen molar-refractivity contribution in [1.82, 2.24) is 9.78 Å². The quantitative estimate of drug-likeness (QED) is 0.404. The first-order chi connectivity index (χ1) is 13.3. The normalized spacial score (nSPS) is 10.6. The maximum absolute atomic E-state index is 12.3. The van der Waals surface area contributed by atoms with E-state index < -0.39 is 23.4 Å². The molecular weight excluding hydrogens is 388 g/mol. The number of aromatic nitrogens is 2. The molecule has 0 unspecified atom stereocenters. The Kier molecular flexibility index (Phi) is 7.11. The summed E-state index contributed by atoms with van der Waals surface area (Å²) in [6, 6.07) is 4.43. The van der Waals surface area contributed by atoms with Gasteiger partial charge < -0.3 is 10.1 Å². The number of halogens is 1. The number of amides is 1. The van der Waals surface area contributed by atoms with Crippen molar-refractivity contribution in [2.75, 3.05) is 11.9 Å². The fourth-order valence-electron chi connectivity index (χ4n) is 2.59. The predicted octanol–water partition coefficient (Wildman–Crippen LogP) is 3.66. The fourth-order valence-corrected chi connectivity index (χ4v) is 2.92. The third-order valence-corrected chi connectivity index (χ3v) is 4.42. The van der Waals surface area contributed by atoms with E-state index in [1.54, 1.807) is 19.9 Å². The van der Waals surface area contributed by atoms with Crippen molar-refractivity contribution in [3.8, 4) is 0 Å². The van der Waals surface area contributed by atoms with Crippen LogP contribution in [0.5, 0.6) is 0 Å². The Bertz CT molecular complexity index is 910. The number of anilines is 1. The maximum atomic E-state index is 12.3. The van der Waals surface area contributed by atoms with Crippen LogP contribution in [0.2, 0.25) is 5.15 Å². The Hall–Kier alpha value is -2.94. The molecule has 1 amide bonds. The van der Waals surface area contributed by atoms with Crippen molar-refractivity contribution in [2.24, 2.45) is 0 Å². The molecule has 0 aliphatic carbocycles. The number of esters is 1. The second-order valence-electron chi connectivity index (χ2n) is 6.18. The summed E-state index contributed by atoms with van der Waals surface area (Å²) in [6.07, 6.45) is 1.80. The molecule has 9 nitrogen and oxygen atoms in total. The lowest BCUT2D eigenvalue weighted by molar-refractivity contribution is -0.384. The molecule has 0 spiro atoms. The van der Waals surface area contributed by atoms with Gasteiger partial charge in [0.25, 0.3) is 11.6 Å².